The quantitative estimate of drug-likeness (QED) is 0.453. The maximum atomic E-state index is 7.11. The highest BCUT2D eigenvalue weighted by atomic mass is 32.2. The van der Waals surface area contributed by atoms with Crippen LogP contribution >= 0.6 is 23.3 Å². The molecule has 7 unspecified atom stereocenters. The summed E-state index contributed by atoms with van der Waals surface area (Å²) >= 11 is 3.46. The third kappa shape index (κ3) is 3.13. The minimum atomic E-state index is 0.0172. The third-order valence-corrected chi connectivity index (χ3v) is 13.2. The van der Waals surface area contributed by atoms with Gasteiger partial charge in [-0.3, -0.25) is 4.90 Å². The van der Waals surface area contributed by atoms with E-state index >= 15 is 0 Å². The van der Waals surface area contributed by atoms with Gasteiger partial charge in [-0.15, -0.1) is 0 Å². The van der Waals surface area contributed by atoms with Gasteiger partial charge in [-0.2, -0.15) is 4.37 Å². The number of rotatable bonds is 7. The van der Waals surface area contributed by atoms with Crippen molar-refractivity contribution in [2.75, 3.05) is 33.1 Å². The van der Waals surface area contributed by atoms with Crippen molar-refractivity contribution in [1.29, 1.82) is 0 Å². The highest BCUT2D eigenvalue weighted by molar-refractivity contribution is 8.00. The number of likely N-dealkylation sites (tertiary alicyclic amines) is 1. The standard InChI is InChI=1S/C29H37N3O3S2/c1-16-30-27(37-31-16)36-15-19-13-28-9-8-20(19)24(34-3)26-29(28)10-11-32(14-17-4-5-17)22(28)12-18-6-7-21(33-2)25(35-26)23(18)29/h6-7,17,19-20,22,24,26H,4-5,8-15H2,1-3H3. The van der Waals surface area contributed by atoms with Crippen molar-refractivity contribution >= 4 is 23.3 Å². The Balaban J connectivity index is 1.27. The van der Waals surface area contributed by atoms with Crippen LogP contribution in [0.5, 0.6) is 11.5 Å². The second-order valence-electron chi connectivity index (χ2n) is 12.5. The Labute approximate surface area is 228 Å². The molecule has 0 amide bonds. The van der Waals surface area contributed by atoms with Gasteiger partial charge in [0.25, 0.3) is 0 Å². The van der Waals surface area contributed by atoms with Crippen molar-refractivity contribution in [2.45, 2.75) is 79.9 Å². The number of hydrogen-bond donors (Lipinski definition) is 0. The van der Waals surface area contributed by atoms with Gasteiger partial charge in [-0.1, -0.05) is 17.8 Å². The number of methoxy groups -OCH3 is 2. The Morgan fingerprint density at radius 3 is 2.86 bits per heavy atom. The van der Waals surface area contributed by atoms with Crippen molar-refractivity contribution in [3.05, 3.63) is 29.1 Å². The summed E-state index contributed by atoms with van der Waals surface area (Å²) in [5.74, 6) is 5.93. The molecule has 4 bridgehead atoms. The molecule has 37 heavy (non-hydrogen) atoms. The maximum absolute atomic E-state index is 7.11. The van der Waals surface area contributed by atoms with Crippen LogP contribution in [0.4, 0.5) is 0 Å². The number of thioether (sulfide) groups is 1. The fourth-order valence-electron chi connectivity index (χ4n) is 9.55. The van der Waals surface area contributed by atoms with E-state index in [4.69, 9.17) is 14.2 Å². The highest BCUT2D eigenvalue weighted by Gasteiger charge is 2.75. The summed E-state index contributed by atoms with van der Waals surface area (Å²) < 4.78 is 25.0. The van der Waals surface area contributed by atoms with Crippen LogP contribution in [0.2, 0.25) is 0 Å². The van der Waals surface area contributed by atoms with Crippen LogP contribution < -0.4 is 9.47 Å². The molecule has 5 aliphatic carbocycles. The maximum Gasteiger partial charge on any atom is 0.170 e. The normalized spacial score (nSPS) is 39.3. The summed E-state index contributed by atoms with van der Waals surface area (Å²) in [4.78, 5) is 7.60. The number of hydrogen-bond acceptors (Lipinski definition) is 8. The van der Waals surface area contributed by atoms with Gasteiger partial charge in [0.15, 0.2) is 15.8 Å². The van der Waals surface area contributed by atoms with Gasteiger partial charge >= 0.3 is 0 Å². The van der Waals surface area contributed by atoms with Crippen LogP contribution in [-0.4, -0.2) is 65.6 Å². The van der Waals surface area contributed by atoms with Gasteiger partial charge in [-0.25, -0.2) is 4.98 Å². The topological polar surface area (TPSA) is 56.7 Å². The molecule has 198 valence electrons. The molecule has 7 aliphatic rings. The molecule has 5 fully saturated rings. The average Bonchev–Trinajstić information content (AvgIpc) is 3.57. The molecule has 2 aromatic rings. The monoisotopic (exact) mass is 539 g/mol. The van der Waals surface area contributed by atoms with E-state index < -0.39 is 0 Å². The van der Waals surface area contributed by atoms with Crippen molar-refractivity contribution in [3.63, 3.8) is 0 Å². The van der Waals surface area contributed by atoms with Crippen molar-refractivity contribution in [3.8, 4) is 11.5 Å². The Kier molecular flexibility index (Phi) is 5.29. The molecule has 1 aromatic heterocycles. The number of ether oxygens (including phenoxy) is 3. The van der Waals surface area contributed by atoms with E-state index in [-0.39, 0.29) is 23.0 Å². The molecule has 4 saturated carbocycles. The third-order valence-electron chi connectivity index (χ3n) is 11.0. The van der Waals surface area contributed by atoms with Crippen LogP contribution in [0.1, 0.15) is 55.5 Å². The predicted molar refractivity (Wildman–Crippen MR) is 145 cm³/mol. The first-order chi connectivity index (χ1) is 18.1. The van der Waals surface area contributed by atoms with Crippen LogP contribution in [0, 0.1) is 30.1 Å². The summed E-state index contributed by atoms with van der Waals surface area (Å²) in [5, 5.41) is 0. The number of nitrogens with zero attached hydrogens (tertiary/aromatic N) is 3. The summed E-state index contributed by atoms with van der Waals surface area (Å²) in [5.41, 5.74) is 3.24. The van der Waals surface area contributed by atoms with Gasteiger partial charge in [0.2, 0.25) is 0 Å². The molecule has 7 atom stereocenters. The lowest BCUT2D eigenvalue weighted by atomic mass is 9.44. The fourth-order valence-corrected chi connectivity index (χ4v) is 11.4. The van der Waals surface area contributed by atoms with E-state index in [1.807, 2.05) is 25.8 Å². The molecular formula is C29H37N3O3S2. The number of piperidine rings is 1. The Morgan fingerprint density at radius 1 is 1.22 bits per heavy atom. The van der Waals surface area contributed by atoms with E-state index in [0.29, 0.717) is 17.9 Å². The van der Waals surface area contributed by atoms with Crippen LogP contribution in [-0.2, 0) is 16.6 Å². The molecule has 3 heterocycles. The van der Waals surface area contributed by atoms with Gasteiger partial charge in [0.1, 0.15) is 11.9 Å². The highest BCUT2D eigenvalue weighted by Crippen LogP contribution is 2.73. The minimum Gasteiger partial charge on any atom is -0.493 e. The van der Waals surface area contributed by atoms with Crippen LogP contribution in [0.15, 0.2) is 16.5 Å². The van der Waals surface area contributed by atoms with Gasteiger partial charge in [0.05, 0.1) is 13.2 Å². The molecule has 6 nitrogen and oxygen atoms in total. The van der Waals surface area contributed by atoms with E-state index in [1.165, 1.54) is 62.7 Å². The molecular weight excluding hydrogens is 502 g/mol. The van der Waals surface area contributed by atoms with E-state index in [2.05, 4.69) is 26.4 Å². The Hall–Kier alpha value is -1.35. The largest absolute Gasteiger partial charge is 0.493 e. The van der Waals surface area contributed by atoms with Crippen molar-refractivity contribution in [2.24, 2.45) is 23.2 Å². The second kappa shape index (κ2) is 8.33. The SMILES string of the molecule is COc1ccc2c3c1OC1C(OC)C4CCC5(CC4CSc4nc(C)ns4)C(C2)N(CC2CC2)CCC315. The lowest BCUT2D eigenvalue weighted by molar-refractivity contribution is -0.120. The summed E-state index contributed by atoms with van der Waals surface area (Å²) in [6.45, 7) is 4.46. The first kappa shape index (κ1) is 23.5. The molecule has 0 N–H and O–H groups in total. The lowest BCUT2D eigenvalue weighted by Gasteiger charge is -2.64. The first-order valence-corrected chi connectivity index (χ1v) is 15.9. The number of fused-ring (bicyclic) bond motifs is 2. The molecule has 2 aliphatic heterocycles. The van der Waals surface area contributed by atoms with Crippen LogP contribution in [0.3, 0.4) is 0 Å². The van der Waals surface area contributed by atoms with Crippen molar-refractivity contribution in [1.82, 2.24) is 14.3 Å². The molecule has 0 radical (unpaired) electrons. The molecule has 2 spiro atoms. The van der Waals surface area contributed by atoms with E-state index in [0.717, 1.165) is 39.8 Å². The Morgan fingerprint density at radius 2 is 2.11 bits per heavy atom. The van der Waals surface area contributed by atoms with Crippen molar-refractivity contribution < 1.29 is 14.2 Å². The summed E-state index contributed by atoms with van der Waals surface area (Å²) in [6, 6.07) is 5.10. The summed E-state index contributed by atoms with van der Waals surface area (Å²) in [6.07, 6.45) is 9.12. The Bertz CT molecular complexity index is 1230. The van der Waals surface area contributed by atoms with Crippen LogP contribution in [0.25, 0.3) is 0 Å². The van der Waals surface area contributed by atoms with Gasteiger partial charge in [0, 0.05) is 41.8 Å². The predicted octanol–water partition coefficient (Wildman–Crippen LogP) is 5.12. The zero-order chi connectivity index (χ0) is 24.9. The second-order valence-corrected chi connectivity index (χ2v) is 14.5. The molecule has 1 aromatic carbocycles. The zero-order valence-corrected chi connectivity index (χ0v) is 23.7. The van der Waals surface area contributed by atoms with E-state index in [9.17, 15) is 0 Å². The average molecular weight is 540 g/mol. The molecule has 8 heteroatoms. The number of aryl methyl sites for hydroxylation is 1. The minimum absolute atomic E-state index is 0.0172. The number of aromatic nitrogens is 2. The fraction of sp³-hybridized carbons (Fsp3) is 0.724. The first-order valence-electron chi connectivity index (χ1n) is 14.1. The van der Waals surface area contributed by atoms with Gasteiger partial charge < -0.3 is 14.2 Å². The zero-order valence-electron chi connectivity index (χ0n) is 22.1. The molecule has 9 rings (SSSR count). The smallest absolute Gasteiger partial charge is 0.170 e. The lowest BCUT2D eigenvalue weighted by Crippen LogP contribution is -2.70. The van der Waals surface area contributed by atoms with E-state index in [1.54, 1.807) is 18.6 Å². The molecule has 1 saturated heterocycles. The summed E-state index contributed by atoms with van der Waals surface area (Å²) in [7, 11) is 3.72. The van der Waals surface area contributed by atoms with Gasteiger partial charge in [-0.05, 0) is 99.3 Å². The number of benzene rings is 1.